The van der Waals surface area contributed by atoms with E-state index in [0.717, 1.165) is 22.6 Å². The van der Waals surface area contributed by atoms with Gasteiger partial charge in [0.2, 0.25) is 0 Å². The van der Waals surface area contributed by atoms with Gasteiger partial charge in [-0.15, -0.1) is 0 Å². The summed E-state index contributed by atoms with van der Waals surface area (Å²) in [6.45, 7) is 0. The monoisotopic (exact) mass is 371 g/mol. The maximum atomic E-state index is 11.7. The molecule has 4 nitrogen and oxygen atoms in total. The normalized spacial score (nSPS) is 10.9. The van der Waals surface area contributed by atoms with Gasteiger partial charge in [0.15, 0.2) is 0 Å². The molecular formula is C24H21NO3. The lowest BCUT2D eigenvalue weighted by atomic mass is 10.0. The van der Waals surface area contributed by atoms with E-state index < -0.39 is 0 Å². The molecule has 140 valence electrons. The first-order chi connectivity index (χ1) is 13.7. The van der Waals surface area contributed by atoms with Gasteiger partial charge in [-0.25, -0.2) is 4.79 Å². The number of hydrogen-bond donors (Lipinski definition) is 1. The number of carbonyl (C=O) groups is 1. The quantitative estimate of drug-likeness (QED) is 0.522. The van der Waals surface area contributed by atoms with Crippen LogP contribution in [0.2, 0.25) is 0 Å². The second-order valence-electron chi connectivity index (χ2n) is 6.03. The average molecular weight is 371 g/mol. The van der Waals surface area contributed by atoms with Crippen molar-refractivity contribution in [2.45, 2.75) is 6.04 Å². The van der Waals surface area contributed by atoms with Gasteiger partial charge >= 0.3 is 5.97 Å². The van der Waals surface area contributed by atoms with Crippen LogP contribution in [0.3, 0.4) is 0 Å². The highest BCUT2D eigenvalue weighted by Gasteiger charge is 2.13. The summed E-state index contributed by atoms with van der Waals surface area (Å²) in [5.41, 5.74) is 3.20. The molecule has 0 aliphatic rings. The molecule has 3 rings (SSSR count). The molecule has 0 amide bonds. The predicted molar refractivity (Wildman–Crippen MR) is 110 cm³/mol. The number of anilines is 1. The van der Waals surface area contributed by atoms with E-state index in [2.05, 4.69) is 17.2 Å². The molecule has 0 saturated carbocycles. The smallest absolute Gasteiger partial charge is 0.337 e. The zero-order valence-corrected chi connectivity index (χ0v) is 15.8. The Morgan fingerprint density at radius 1 is 0.893 bits per heavy atom. The van der Waals surface area contributed by atoms with E-state index in [0.29, 0.717) is 5.56 Å². The molecule has 0 fully saturated rings. The van der Waals surface area contributed by atoms with Gasteiger partial charge in [0.05, 0.1) is 25.5 Å². The minimum atomic E-state index is -0.365. The number of benzene rings is 3. The molecule has 0 aliphatic heterocycles. The Morgan fingerprint density at radius 2 is 1.57 bits per heavy atom. The third-order valence-corrected chi connectivity index (χ3v) is 4.21. The van der Waals surface area contributed by atoms with Crippen LogP contribution in [0.25, 0.3) is 0 Å². The Hall–Kier alpha value is -3.71. The van der Waals surface area contributed by atoms with Crippen molar-refractivity contribution in [3.8, 4) is 17.6 Å². The first-order valence-electron chi connectivity index (χ1n) is 8.85. The molecule has 4 heteroatoms. The highest BCUT2D eigenvalue weighted by molar-refractivity contribution is 5.89. The minimum absolute atomic E-state index is 0.289. The van der Waals surface area contributed by atoms with Gasteiger partial charge in [0.1, 0.15) is 11.8 Å². The van der Waals surface area contributed by atoms with Crippen LogP contribution in [0.4, 0.5) is 5.69 Å². The summed E-state index contributed by atoms with van der Waals surface area (Å²) in [5.74, 6) is 6.86. The predicted octanol–water partition coefficient (Wildman–Crippen LogP) is 4.69. The van der Waals surface area contributed by atoms with Crippen LogP contribution in [-0.2, 0) is 4.74 Å². The molecule has 0 saturated heterocycles. The van der Waals surface area contributed by atoms with E-state index in [-0.39, 0.29) is 12.0 Å². The maximum Gasteiger partial charge on any atom is 0.337 e. The Labute approximate surface area is 165 Å². The lowest BCUT2D eigenvalue weighted by molar-refractivity contribution is 0.0600. The molecule has 3 aromatic carbocycles. The number of nitrogens with one attached hydrogen (secondary N) is 1. The summed E-state index contributed by atoms with van der Waals surface area (Å²) in [6.07, 6.45) is 0. The molecule has 0 bridgehead atoms. The zero-order chi connectivity index (χ0) is 19.8. The molecule has 3 aromatic rings. The molecular weight excluding hydrogens is 350 g/mol. The van der Waals surface area contributed by atoms with E-state index in [1.807, 2.05) is 66.7 Å². The van der Waals surface area contributed by atoms with Crippen LogP contribution >= 0.6 is 0 Å². The third kappa shape index (κ3) is 4.72. The van der Waals surface area contributed by atoms with Gasteiger partial charge in [-0.05, 0) is 42.0 Å². The summed E-state index contributed by atoms with van der Waals surface area (Å²) >= 11 is 0. The van der Waals surface area contributed by atoms with Crippen LogP contribution in [0.1, 0.15) is 27.5 Å². The van der Waals surface area contributed by atoms with Crippen molar-refractivity contribution in [3.05, 3.63) is 95.6 Å². The molecule has 0 radical (unpaired) electrons. The minimum Gasteiger partial charge on any atom is -0.495 e. The van der Waals surface area contributed by atoms with Gasteiger partial charge in [0.25, 0.3) is 0 Å². The van der Waals surface area contributed by atoms with Crippen molar-refractivity contribution >= 4 is 11.7 Å². The van der Waals surface area contributed by atoms with Crippen molar-refractivity contribution < 1.29 is 14.3 Å². The molecule has 0 heterocycles. The van der Waals surface area contributed by atoms with E-state index in [1.54, 1.807) is 19.2 Å². The number of esters is 1. The van der Waals surface area contributed by atoms with E-state index >= 15 is 0 Å². The van der Waals surface area contributed by atoms with Gasteiger partial charge in [0, 0.05) is 5.56 Å². The number of carbonyl (C=O) groups excluding carboxylic acids is 1. The summed E-state index contributed by atoms with van der Waals surface area (Å²) < 4.78 is 10.2. The Kier molecular flexibility index (Phi) is 6.33. The van der Waals surface area contributed by atoms with Gasteiger partial charge in [-0.2, -0.15) is 0 Å². The summed E-state index contributed by atoms with van der Waals surface area (Å²) in [7, 11) is 3.00. The topological polar surface area (TPSA) is 47.6 Å². The molecule has 0 aliphatic carbocycles. The van der Waals surface area contributed by atoms with Crippen molar-refractivity contribution in [1.82, 2.24) is 0 Å². The third-order valence-electron chi connectivity index (χ3n) is 4.21. The van der Waals surface area contributed by atoms with Crippen LogP contribution in [0.5, 0.6) is 5.75 Å². The summed E-state index contributed by atoms with van der Waals surface area (Å²) in [6, 6.07) is 24.4. The number of hydrogen-bond acceptors (Lipinski definition) is 4. The number of methoxy groups -OCH3 is 2. The maximum absolute atomic E-state index is 11.7. The fourth-order valence-electron chi connectivity index (χ4n) is 2.73. The Morgan fingerprint density at radius 3 is 2.25 bits per heavy atom. The summed E-state index contributed by atoms with van der Waals surface area (Å²) in [4.78, 5) is 11.7. The first kappa shape index (κ1) is 19.1. The molecule has 1 atom stereocenters. The highest BCUT2D eigenvalue weighted by atomic mass is 16.5. The van der Waals surface area contributed by atoms with E-state index in [9.17, 15) is 4.79 Å². The van der Waals surface area contributed by atoms with Crippen LogP contribution in [0.15, 0.2) is 78.9 Å². The highest BCUT2D eigenvalue weighted by Crippen LogP contribution is 2.28. The van der Waals surface area contributed by atoms with Crippen molar-refractivity contribution in [2.24, 2.45) is 0 Å². The van der Waals surface area contributed by atoms with Crippen LogP contribution in [0, 0.1) is 11.8 Å². The zero-order valence-electron chi connectivity index (χ0n) is 15.8. The number of rotatable bonds is 5. The van der Waals surface area contributed by atoms with Crippen molar-refractivity contribution in [1.29, 1.82) is 0 Å². The van der Waals surface area contributed by atoms with Crippen LogP contribution in [-0.4, -0.2) is 20.2 Å². The molecule has 0 spiro atoms. The second-order valence-corrected chi connectivity index (χ2v) is 6.03. The Balaban J connectivity index is 1.94. The van der Waals surface area contributed by atoms with Gasteiger partial charge in [-0.3, -0.25) is 0 Å². The average Bonchev–Trinajstić information content (AvgIpc) is 2.77. The lowest BCUT2D eigenvalue weighted by Gasteiger charge is -2.17. The second kappa shape index (κ2) is 9.29. The van der Waals surface area contributed by atoms with Crippen molar-refractivity contribution in [3.63, 3.8) is 0 Å². The van der Waals surface area contributed by atoms with Gasteiger partial charge < -0.3 is 14.8 Å². The fourth-order valence-corrected chi connectivity index (χ4v) is 2.73. The fraction of sp³-hybridized carbons (Fsp3) is 0.125. The lowest BCUT2D eigenvalue weighted by Crippen LogP contribution is -2.10. The largest absolute Gasteiger partial charge is 0.495 e. The van der Waals surface area contributed by atoms with Crippen molar-refractivity contribution in [2.75, 3.05) is 19.5 Å². The molecule has 1 N–H and O–H groups in total. The molecule has 1 unspecified atom stereocenters. The first-order valence-corrected chi connectivity index (χ1v) is 8.85. The molecule has 0 aromatic heterocycles. The van der Waals surface area contributed by atoms with E-state index in [1.165, 1.54) is 7.11 Å². The molecule has 28 heavy (non-hydrogen) atoms. The van der Waals surface area contributed by atoms with Gasteiger partial charge in [-0.1, -0.05) is 54.3 Å². The summed E-state index contributed by atoms with van der Waals surface area (Å²) in [5, 5.41) is 3.43. The number of para-hydroxylation sites is 2. The van der Waals surface area contributed by atoms with E-state index in [4.69, 9.17) is 9.47 Å². The number of ether oxygens (including phenoxy) is 2. The Bertz CT molecular complexity index is 986. The SMILES string of the molecule is COC(=O)c1ccc(C(C#Cc2ccccc2)Nc2ccccc2OC)cc1. The van der Waals surface area contributed by atoms with Crippen LogP contribution < -0.4 is 10.1 Å². The standard InChI is InChI=1S/C24H21NO3/c1-27-23-11-7-6-10-22(23)25-21(17-12-18-8-4-3-5-9-18)19-13-15-20(16-14-19)24(26)28-2/h3-11,13-16,21,25H,1-2H3.